The number of allylic oxidation sites excluding steroid dienone is 2. The zero-order valence-electron chi connectivity index (χ0n) is 15.9. The fourth-order valence-electron chi connectivity index (χ4n) is 4.08. The van der Waals surface area contributed by atoms with Gasteiger partial charge in [-0.1, -0.05) is 30.3 Å². The van der Waals surface area contributed by atoms with E-state index in [0.29, 0.717) is 35.1 Å². The van der Waals surface area contributed by atoms with Gasteiger partial charge >= 0.3 is 0 Å². The number of Topliss-reactive ketones (excluding diaryl/α,β-unsaturated/α-hetero) is 1. The average molecular weight is 390 g/mol. The van der Waals surface area contributed by atoms with Crippen LogP contribution in [0.1, 0.15) is 30.9 Å². The summed E-state index contributed by atoms with van der Waals surface area (Å²) in [6.45, 7) is 0. The van der Waals surface area contributed by atoms with Crippen molar-refractivity contribution in [2.45, 2.75) is 25.3 Å². The predicted octanol–water partition coefficient (Wildman–Crippen LogP) is 4.11. The molecule has 0 radical (unpaired) electrons. The third kappa shape index (κ3) is 2.81. The third-order valence-electron chi connectivity index (χ3n) is 5.42. The number of carbonyl (C=O) groups excluding carboxylic acids is 1. The smallest absolute Gasteiger partial charge is 0.226 e. The normalized spacial score (nSPS) is 18.1. The Labute approximate surface area is 167 Å². The zero-order valence-corrected chi connectivity index (χ0v) is 15.9. The molecule has 2 heterocycles. The van der Waals surface area contributed by atoms with Crippen molar-refractivity contribution in [2.24, 2.45) is 0 Å². The summed E-state index contributed by atoms with van der Waals surface area (Å²) >= 11 is 0. The number of halogens is 1. The number of aromatic nitrogens is 3. The number of benzene rings is 2. The SMILES string of the molecule is COc1ccccc1-c1nc2n(n1)C(c1ccccc1F)C1=C(CCCC1=O)N2. The van der Waals surface area contributed by atoms with Crippen LogP contribution in [0.2, 0.25) is 0 Å². The highest BCUT2D eigenvalue weighted by Gasteiger charge is 2.38. The molecule has 0 spiro atoms. The fourth-order valence-corrected chi connectivity index (χ4v) is 4.08. The van der Waals surface area contributed by atoms with E-state index in [4.69, 9.17) is 4.74 Å². The number of anilines is 1. The highest BCUT2D eigenvalue weighted by Crippen LogP contribution is 2.41. The standard InChI is InChI=1S/C22H19FN4O2/c1-29-18-12-5-3-8-14(18)21-25-22-24-16-10-6-11-17(28)19(16)20(27(22)26-21)13-7-2-4-9-15(13)23/h2-5,7-9,12,20H,6,10-11H2,1H3,(H,24,25,26). The Balaban J connectivity index is 1.71. The van der Waals surface area contributed by atoms with Gasteiger partial charge < -0.3 is 10.1 Å². The molecule has 1 N–H and O–H groups in total. The van der Waals surface area contributed by atoms with Crippen molar-refractivity contribution < 1.29 is 13.9 Å². The number of methoxy groups -OCH3 is 1. The van der Waals surface area contributed by atoms with Crippen LogP contribution in [0.3, 0.4) is 0 Å². The fraction of sp³-hybridized carbons (Fsp3) is 0.227. The summed E-state index contributed by atoms with van der Waals surface area (Å²) in [4.78, 5) is 17.5. The second kappa shape index (κ2) is 6.84. The summed E-state index contributed by atoms with van der Waals surface area (Å²) in [5.41, 5.74) is 2.52. The number of hydrogen-bond donors (Lipinski definition) is 1. The third-order valence-corrected chi connectivity index (χ3v) is 5.42. The zero-order chi connectivity index (χ0) is 20.0. The molecule has 146 valence electrons. The van der Waals surface area contributed by atoms with Crippen molar-refractivity contribution in [3.8, 4) is 17.1 Å². The van der Waals surface area contributed by atoms with Crippen molar-refractivity contribution in [3.05, 3.63) is 71.2 Å². The van der Waals surface area contributed by atoms with E-state index in [2.05, 4.69) is 15.4 Å². The van der Waals surface area contributed by atoms with Gasteiger partial charge in [0, 0.05) is 23.3 Å². The number of carbonyl (C=O) groups is 1. The summed E-state index contributed by atoms with van der Waals surface area (Å²) < 4.78 is 21.8. The number of nitrogens with one attached hydrogen (secondary N) is 1. The minimum absolute atomic E-state index is 0.0204. The van der Waals surface area contributed by atoms with Gasteiger partial charge in [-0.2, -0.15) is 4.98 Å². The van der Waals surface area contributed by atoms with E-state index in [-0.39, 0.29) is 11.6 Å². The van der Waals surface area contributed by atoms with Crippen molar-refractivity contribution in [1.82, 2.24) is 14.8 Å². The first kappa shape index (κ1) is 17.6. The van der Waals surface area contributed by atoms with Crippen LogP contribution < -0.4 is 10.1 Å². The van der Waals surface area contributed by atoms with Crippen LogP contribution in [0.25, 0.3) is 11.4 Å². The molecule has 7 heteroatoms. The Morgan fingerprint density at radius 3 is 2.76 bits per heavy atom. The Morgan fingerprint density at radius 2 is 1.93 bits per heavy atom. The number of para-hydroxylation sites is 1. The molecule has 1 aliphatic carbocycles. The topological polar surface area (TPSA) is 69.0 Å². The molecule has 0 bridgehead atoms. The van der Waals surface area contributed by atoms with Crippen LogP contribution in [0, 0.1) is 5.82 Å². The number of fused-ring (bicyclic) bond motifs is 1. The first-order valence-electron chi connectivity index (χ1n) is 9.55. The molecule has 0 saturated heterocycles. The quantitative estimate of drug-likeness (QED) is 0.729. The van der Waals surface area contributed by atoms with Crippen molar-refractivity contribution in [2.75, 3.05) is 12.4 Å². The average Bonchev–Trinajstić information content (AvgIpc) is 3.16. The number of rotatable bonds is 3. The maximum atomic E-state index is 14.8. The molecule has 1 aromatic heterocycles. The van der Waals surface area contributed by atoms with E-state index in [9.17, 15) is 9.18 Å². The molecule has 1 atom stereocenters. The monoisotopic (exact) mass is 390 g/mol. The largest absolute Gasteiger partial charge is 0.496 e. The van der Waals surface area contributed by atoms with Crippen LogP contribution in [0.15, 0.2) is 59.8 Å². The number of ketones is 1. The molecule has 0 saturated carbocycles. The minimum Gasteiger partial charge on any atom is -0.496 e. The van der Waals surface area contributed by atoms with E-state index in [1.807, 2.05) is 24.3 Å². The van der Waals surface area contributed by atoms with Gasteiger partial charge in [0.15, 0.2) is 11.6 Å². The van der Waals surface area contributed by atoms with Crippen molar-refractivity contribution >= 4 is 11.7 Å². The van der Waals surface area contributed by atoms with Crippen LogP contribution in [0.4, 0.5) is 10.3 Å². The van der Waals surface area contributed by atoms with E-state index in [1.54, 1.807) is 30.0 Å². The summed E-state index contributed by atoms with van der Waals surface area (Å²) in [5.74, 6) is 1.25. The highest BCUT2D eigenvalue weighted by atomic mass is 19.1. The van der Waals surface area contributed by atoms with Gasteiger partial charge in [0.1, 0.15) is 17.6 Å². The van der Waals surface area contributed by atoms with Crippen LogP contribution >= 0.6 is 0 Å². The Kier molecular flexibility index (Phi) is 4.16. The lowest BCUT2D eigenvalue weighted by Crippen LogP contribution is -2.32. The molecule has 0 fully saturated rings. The molecule has 29 heavy (non-hydrogen) atoms. The van der Waals surface area contributed by atoms with Gasteiger partial charge in [-0.15, -0.1) is 5.10 Å². The van der Waals surface area contributed by atoms with Crippen LogP contribution in [0.5, 0.6) is 5.75 Å². The van der Waals surface area contributed by atoms with E-state index in [0.717, 1.165) is 24.1 Å². The van der Waals surface area contributed by atoms with E-state index < -0.39 is 6.04 Å². The van der Waals surface area contributed by atoms with Gasteiger partial charge in [-0.05, 0) is 31.0 Å². The van der Waals surface area contributed by atoms with Gasteiger partial charge in [0.05, 0.1) is 12.7 Å². The van der Waals surface area contributed by atoms with Gasteiger partial charge in [-0.3, -0.25) is 4.79 Å². The number of hydrogen-bond acceptors (Lipinski definition) is 5. The molecule has 1 unspecified atom stereocenters. The highest BCUT2D eigenvalue weighted by molar-refractivity contribution is 5.99. The molecular formula is C22H19FN4O2. The molecule has 1 aliphatic heterocycles. The van der Waals surface area contributed by atoms with Crippen LogP contribution in [-0.2, 0) is 4.79 Å². The van der Waals surface area contributed by atoms with Crippen molar-refractivity contribution in [3.63, 3.8) is 0 Å². The van der Waals surface area contributed by atoms with Gasteiger partial charge in [0.2, 0.25) is 5.95 Å². The summed E-state index contributed by atoms with van der Waals surface area (Å²) in [7, 11) is 1.59. The second-order valence-corrected chi connectivity index (χ2v) is 7.12. The lowest BCUT2D eigenvalue weighted by Gasteiger charge is -2.32. The Morgan fingerprint density at radius 1 is 1.14 bits per heavy atom. The maximum Gasteiger partial charge on any atom is 0.226 e. The minimum atomic E-state index is -0.647. The summed E-state index contributed by atoms with van der Waals surface area (Å²) in [6, 6.07) is 13.3. The second-order valence-electron chi connectivity index (χ2n) is 7.12. The molecule has 2 aliphatic rings. The van der Waals surface area contributed by atoms with E-state index in [1.165, 1.54) is 6.07 Å². The first-order chi connectivity index (χ1) is 14.2. The number of ether oxygens (including phenoxy) is 1. The molecule has 2 aromatic carbocycles. The summed E-state index contributed by atoms with van der Waals surface area (Å²) in [5, 5.41) is 7.93. The van der Waals surface area contributed by atoms with Crippen LogP contribution in [-0.4, -0.2) is 27.7 Å². The predicted molar refractivity (Wildman–Crippen MR) is 106 cm³/mol. The molecular weight excluding hydrogens is 371 g/mol. The maximum absolute atomic E-state index is 14.8. The molecule has 5 rings (SSSR count). The molecule has 0 amide bonds. The Bertz CT molecular complexity index is 1150. The molecule has 3 aromatic rings. The Hall–Kier alpha value is -3.48. The number of nitrogens with zero attached hydrogens (tertiary/aromatic N) is 3. The lowest BCUT2D eigenvalue weighted by molar-refractivity contribution is -0.116. The summed E-state index contributed by atoms with van der Waals surface area (Å²) in [6.07, 6.45) is 1.94. The van der Waals surface area contributed by atoms with E-state index >= 15 is 0 Å². The van der Waals surface area contributed by atoms with Gasteiger partial charge in [-0.25, -0.2) is 9.07 Å². The van der Waals surface area contributed by atoms with Crippen molar-refractivity contribution in [1.29, 1.82) is 0 Å². The molecule has 6 nitrogen and oxygen atoms in total. The first-order valence-corrected chi connectivity index (χ1v) is 9.55. The van der Waals surface area contributed by atoms with Gasteiger partial charge in [0.25, 0.3) is 0 Å². The lowest BCUT2D eigenvalue weighted by atomic mass is 9.85.